The molecule has 2 N–H and O–H groups in total. The van der Waals surface area contributed by atoms with Crippen LogP contribution in [0.5, 0.6) is 5.75 Å². The topological polar surface area (TPSA) is 70.7 Å². The van der Waals surface area contributed by atoms with Gasteiger partial charge in [-0.3, -0.25) is 14.5 Å². The summed E-state index contributed by atoms with van der Waals surface area (Å²) in [7, 11) is 0. The number of anilines is 1. The van der Waals surface area contributed by atoms with Crippen molar-refractivity contribution in [3.8, 4) is 5.75 Å². The number of benzene rings is 1. The number of carbonyl (C=O) groups is 2. The molecule has 0 unspecified atom stereocenters. The Morgan fingerprint density at radius 3 is 2.90 bits per heavy atom. The summed E-state index contributed by atoms with van der Waals surface area (Å²) in [4.78, 5) is 25.7. The Balaban J connectivity index is 1.71. The van der Waals surface area contributed by atoms with Gasteiger partial charge >= 0.3 is 0 Å². The third-order valence-corrected chi connectivity index (χ3v) is 3.51. The molecule has 20 heavy (non-hydrogen) atoms. The van der Waals surface area contributed by atoms with E-state index >= 15 is 0 Å². The minimum Gasteiger partial charge on any atom is -0.482 e. The lowest BCUT2D eigenvalue weighted by molar-refractivity contribution is -0.118. The second-order valence-electron chi connectivity index (χ2n) is 5.00. The van der Waals surface area contributed by atoms with E-state index < -0.39 is 0 Å². The fourth-order valence-corrected chi connectivity index (χ4v) is 2.42. The van der Waals surface area contributed by atoms with Gasteiger partial charge in [-0.25, -0.2) is 0 Å². The number of nitrogens with zero attached hydrogens (tertiary/aromatic N) is 1. The number of hydrogen-bond acceptors (Lipinski definition) is 5. The number of hydrogen-bond donors (Lipinski definition) is 2. The molecule has 0 radical (unpaired) electrons. The van der Waals surface area contributed by atoms with E-state index in [1.165, 1.54) is 0 Å². The highest BCUT2D eigenvalue weighted by Gasteiger charge is 2.19. The smallest absolute Gasteiger partial charge is 0.262 e. The number of Topliss-reactive ketones (excluding diaryl/α,β-unsaturated/α-hetero) is 1. The van der Waals surface area contributed by atoms with Gasteiger partial charge < -0.3 is 15.4 Å². The lowest BCUT2D eigenvalue weighted by atomic mass is 10.1. The molecule has 0 aromatic heterocycles. The van der Waals surface area contributed by atoms with Gasteiger partial charge in [0.25, 0.3) is 5.91 Å². The number of piperazine rings is 1. The Morgan fingerprint density at radius 2 is 2.10 bits per heavy atom. The lowest BCUT2D eigenvalue weighted by Crippen LogP contribution is -2.45. The molecule has 106 valence electrons. The summed E-state index contributed by atoms with van der Waals surface area (Å²) in [5.41, 5.74) is 1.18. The predicted octanol–water partition coefficient (Wildman–Crippen LogP) is 0.105. The maximum atomic E-state index is 12.3. The molecular weight excluding hydrogens is 258 g/mol. The van der Waals surface area contributed by atoms with Crippen molar-refractivity contribution in [1.82, 2.24) is 10.2 Å². The second-order valence-corrected chi connectivity index (χ2v) is 5.00. The Morgan fingerprint density at radius 1 is 1.30 bits per heavy atom. The lowest BCUT2D eigenvalue weighted by Gasteiger charge is -2.26. The molecule has 1 fully saturated rings. The van der Waals surface area contributed by atoms with Crippen LogP contribution in [0.25, 0.3) is 0 Å². The highest BCUT2D eigenvalue weighted by molar-refractivity contribution is 6.01. The summed E-state index contributed by atoms with van der Waals surface area (Å²) < 4.78 is 5.28. The zero-order chi connectivity index (χ0) is 13.9. The van der Waals surface area contributed by atoms with Crippen LogP contribution in [0.15, 0.2) is 18.2 Å². The van der Waals surface area contributed by atoms with Gasteiger partial charge in [-0.15, -0.1) is 0 Å². The summed E-state index contributed by atoms with van der Waals surface area (Å²) in [5.74, 6) is 0.488. The summed E-state index contributed by atoms with van der Waals surface area (Å²) in [5, 5.41) is 5.98. The number of carbonyl (C=O) groups excluding carboxylic acids is 2. The standard InChI is InChI=1S/C14H17N3O3/c18-12(8-17-5-3-15-4-6-17)10-1-2-13-11(7-10)16-14(19)9-20-13/h1-2,7,15H,3-6,8-9H2,(H,16,19). The molecule has 6 heteroatoms. The van der Waals surface area contributed by atoms with Crippen molar-refractivity contribution in [2.75, 3.05) is 44.6 Å². The molecular formula is C14H17N3O3. The monoisotopic (exact) mass is 275 g/mol. The molecule has 6 nitrogen and oxygen atoms in total. The van der Waals surface area contributed by atoms with Gasteiger partial charge in [-0.1, -0.05) is 0 Å². The first-order chi connectivity index (χ1) is 9.72. The average molecular weight is 275 g/mol. The van der Waals surface area contributed by atoms with Crippen molar-refractivity contribution < 1.29 is 14.3 Å². The first kappa shape index (κ1) is 13.1. The highest BCUT2D eigenvalue weighted by atomic mass is 16.5. The molecule has 0 atom stereocenters. The van der Waals surface area contributed by atoms with Crippen LogP contribution >= 0.6 is 0 Å². The molecule has 2 heterocycles. The fraction of sp³-hybridized carbons (Fsp3) is 0.429. The van der Waals surface area contributed by atoms with Gasteiger partial charge in [0.15, 0.2) is 12.4 Å². The number of ketones is 1. The van der Waals surface area contributed by atoms with Crippen molar-refractivity contribution in [3.05, 3.63) is 23.8 Å². The Kier molecular flexibility index (Phi) is 3.66. The van der Waals surface area contributed by atoms with E-state index in [1.54, 1.807) is 18.2 Å². The Bertz CT molecular complexity index is 538. The van der Waals surface area contributed by atoms with E-state index in [0.717, 1.165) is 26.2 Å². The largest absolute Gasteiger partial charge is 0.482 e. The average Bonchev–Trinajstić information content (AvgIpc) is 2.47. The second kappa shape index (κ2) is 5.60. The van der Waals surface area contributed by atoms with Crippen LogP contribution < -0.4 is 15.4 Å². The normalized spacial score (nSPS) is 18.9. The van der Waals surface area contributed by atoms with Crippen LogP contribution in [0.1, 0.15) is 10.4 Å². The van der Waals surface area contributed by atoms with Gasteiger partial charge in [0.2, 0.25) is 0 Å². The van der Waals surface area contributed by atoms with Crippen LogP contribution in [0.3, 0.4) is 0 Å². The minimum absolute atomic E-state index is 0.0288. The van der Waals surface area contributed by atoms with Gasteiger partial charge in [-0.05, 0) is 18.2 Å². The van der Waals surface area contributed by atoms with Gasteiger partial charge in [0.1, 0.15) is 5.75 Å². The number of nitrogens with one attached hydrogen (secondary N) is 2. The Labute approximate surface area is 117 Å². The summed E-state index contributed by atoms with van der Waals surface area (Å²) in [6, 6.07) is 5.18. The van der Waals surface area contributed by atoms with E-state index in [1.807, 2.05) is 0 Å². The number of amides is 1. The first-order valence-electron chi connectivity index (χ1n) is 6.75. The maximum absolute atomic E-state index is 12.3. The van der Waals surface area contributed by atoms with E-state index in [0.29, 0.717) is 23.5 Å². The molecule has 0 bridgehead atoms. The third kappa shape index (κ3) is 2.81. The molecule has 0 saturated carbocycles. The maximum Gasteiger partial charge on any atom is 0.262 e. The van der Waals surface area contributed by atoms with Crippen LogP contribution in [0, 0.1) is 0 Å². The zero-order valence-electron chi connectivity index (χ0n) is 11.1. The van der Waals surface area contributed by atoms with Crippen LogP contribution in [0.4, 0.5) is 5.69 Å². The number of rotatable bonds is 3. The van der Waals surface area contributed by atoms with Crippen molar-refractivity contribution in [3.63, 3.8) is 0 Å². The summed E-state index contributed by atoms with van der Waals surface area (Å²) in [6.07, 6.45) is 0. The van der Waals surface area contributed by atoms with Gasteiger partial charge in [0, 0.05) is 31.7 Å². The summed E-state index contributed by atoms with van der Waals surface area (Å²) >= 11 is 0. The molecule has 1 amide bonds. The SMILES string of the molecule is O=C1COc2ccc(C(=O)CN3CCNCC3)cc2N1. The van der Waals surface area contributed by atoms with E-state index in [9.17, 15) is 9.59 Å². The molecule has 1 aromatic rings. The van der Waals surface area contributed by atoms with Crippen molar-refractivity contribution in [2.45, 2.75) is 0 Å². The van der Waals surface area contributed by atoms with Gasteiger partial charge in [-0.2, -0.15) is 0 Å². The van der Waals surface area contributed by atoms with E-state index in [4.69, 9.17) is 4.74 Å². The van der Waals surface area contributed by atoms with Crippen molar-refractivity contribution in [1.29, 1.82) is 0 Å². The molecule has 0 spiro atoms. The van der Waals surface area contributed by atoms with Crippen LogP contribution in [-0.4, -0.2) is 55.9 Å². The molecule has 1 aromatic carbocycles. The Hall–Kier alpha value is -1.92. The molecule has 3 rings (SSSR count). The van der Waals surface area contributed by atoms with E-state index in [-0.39, 0.29) is 18.3 Å². The summed E-state index contributed by atoms with van der Waals surface area (Å²) in [6.45, 7) is 4.05. The number of ether oxygens (including phenoxy) is 1. The molecule has 1 saturated heterocycles. The highest BCUT2D eigenvalue weighted by Crippen LogP contribution is 2.28. The quantitative estimate of drug-likeness (QED) is 0.766. The van der Waals surface area contributed by atoms with Gasteiger partial charge in [0.05, 0.1) is 12.2 Å². The van der Waals surface area contributed by atoms with E-state index in [2.05, 4.69) is 15.5 Å². The molecule has 0 aliphatic carbocycles. The zero-order valence-corrected chi connectivity index (χ0v) is 11.1. The van der Waals surface area contributed by atoms with Crippen LogP contribution in [0.2, 0.25) is 0 Å². The molecule has 2 aliphatic heterocycles. The van der Waals surface area contributed by atoms with Crippen molar-refractivity contribution >= 4 is 17.4 Å². The fourth-order valence-electron chi connectivity index (χ4n) is 2.42. The predicted molar refractivity (Wildman–Crippen MR) is 74.2 cm³/mol. The third-order valence-electron chi connectivity index (χ3n) is 3.51. The number of fused-ring (bicyclic) bond motifs is 1. The molecule has 2 aliphatic rings. The minimum atomic E-state index is -0.191. The van der Waals surface area contributed by atoms with Crippen molar-refractivity contribution in [2.24, 2.45) is 0 Å². The first-order valence-corrected chi connectivity index (χ1v) is 6.75. The van der Waals surface area contributed by atoms with Crippen LogP contribution in [-0.2, 0) is 4.79 Å².